The van der Waals surface area contributed by atoms with E-state index in [0.717, 1.165) is 0 Å². The molecule has 1 N–H and O–H groups in total. The van der Waals surface area contributed by atoms with Crippen molar-refractivity contribution in [3.8, 4) is 0 Å². The van der Waals surface area contributed by atoms with Crippen LogP contribution in [-0.2, 0) is 9.53 Å². The van der Waals surface area contributed by atoms with E-state index >= 15 is 0 Å². The highest BCUT2D eigenvalue weighted by Gasteiger charge is 2.21. The van der Waals surface area contributed by atoms with Gasteiger partial charge in [-0.1, -0.05) is 0 Å². The Morgan fingerprint density at radius 3 is 2.29 bits per heavy atom. The highest BCUT2D eigenvalue weighted by molar-refractivity contribution is 5.71. The van der Waals surface area contributed by atoms with E-state index in [9.17, 15) is 9.59 Å². The SMILES string of the molecule is COC(=O)CN1CCN(C(=O)O)CC1. The number of esters is 1. The van der Waals surface area contributed by atoms with Gasteiger partial charge >= 0.3 is 12.1 Å². The average Bonchev–Trinajstić information content (AvgIpc) is 2.18. The third kappa shape index (κ3) is 2.88. The van der Waals surface area contributed by atoms with Gasteiger partial charge in [0.15, 0.2) is 0 Å². The van der Waals surface area contributed by atoms with Crippen molar-refractivity contribution in [1.29, 1.82) is 0 Å². The first-order valence-corrected chi connectivity index (χ1v) is 4.40. The van der Waals surface area contributed by atoms with Gasteiger partial charge in [-0.25, -0.2) is 4.79 Å². The fraction of sp³-hybridized carbons (Fsp3) is 0.750. The molecule has 0 aromatic heterocycles. The standard InChI is InChI=1S/C8H14N2O4/c1-14-7(11)6-9-2-4-10(5-3-9)8(12)13/h2-6H2,1H3,(H,12,13). The van der Waals surface area contributed by atoms with E-state index < -0.39 is 6.09 Å². The summed E-state index contributed by atoms with van der Waals surface area (Å²) in [6.07, 6.45) is -0.900. The predicted octanol–water partition coefficient (Wildman–Crippen LogP) is -0.545. The lowest BCUT2D eigenvalue weighted by Gasteiger charge is -2.32. The number of rotatable bonds is 2. The summed E-state index contributed by atoms with van der Waals surface area (Å²) in [6, 6.07) is 0. The lowest BCUT2D eigenvalue weighted by Crippen LogP contribution is -2.49. The first-order valence-electron chi connectivity index (χ1n) is 4.40. The molecule has 0 atom stereocenters. The lowest BCUT2D eigenvalue weighted by molar-refractivity contribution is -0.142. The molecule has 0 unspecified atom stereocenters. The van der Waals surface area contributed by atoms with E-state index in [2.05, 4.69) is 4.74 Å². The normalized spacial score (nSPS) is 17.9. The van der Waals surface area contributed by atoms with E-state index in [1.54, 1.807) is 0 Å². The zero-order valence-electron chi connectivity index (χ0n) is 8.10. The second kappa shape index (κ2) is 4.80. The van der Waals surface area contributed by atoms with E-state index in [0.29, 0.717) is 26.2 Å². The molecule has 0 radical (unpaired) electrons. The lowest BCUT2D eigenvalue weighted by atomic mass is 10.3. The summed E-state index contributed by atoms with van der Waals surface area (Å²) in [7, 11) is 1.34. The summed E-state index contributed by atoms with van der Waals surface area (Å²) in [5.41, 5.74) is 0. The van der Waals surface area contributed by atoms with Crippen molar-refractivity contribution in [3.05, 3.63) is 0 Å². The molecule has 1 amide bonds. The molecule has 1 saturated heterocycles. The van der Waals surface area contributed by atoms with Crippen LogP contribution in [0, 0.1) is 0 Å². The Balaban J connectivity index is 2.29. The molecule has 80 valence electrons. The average molecular weight is 202 g/mol. The highest BCUT2D eigenvalue weighted by atomic mass is 16.5. The van der Waals surface area contributed by atoms with Crippen LogP contribution in [0.4, 0.5) is 4.79 Å². The Hall–Kier alpha value is -1.30. The van der Waals surface area contributed by atoms with Crippen LogP contribution in [0.2, 0.25) is 0 Å². The Morgan fingerprint density at radius 1 is 1.29 bits per heavy atom. The number of ether oxygens (including phenoxy) is 1. The van der Waals surface area contributed by atoms with Crippen LogP contribution in [0.3, 0.4) is 0 Å². The van der Waals surface area contributed by atoms with Crippen molar-refractivity contribution in [1.82, 2.24) is 9.80 Å². The number of hydrogen-bond donors (Lipinski definition) is 1. The van der Waals surface area contributed by atoms with Gasteiger partial charge in [-0.15, -0.1) is 0 Å². The predicted molar refractivity (Wildman–Crippen MR) is 48.1 cm³/mol. The highest BCUT2D eigenvalue weighted by Crippen LogP contribution is 2.01. The Bertz CT molecular complexity index is 223. The van der Waals surface area contributed by atoms with Gasteiger partial charge in [0.05, 0.1) is 13.7 Å². The monoisotopic (exact) mass is 202 g/mol. The second-order valence-electron chi connectivity index (χ2n) is 3.12. The van der Waals surface area contributed by atoms with Crippen molar-refractivity contribution in [3.63, 3.8) is 0 Å². The topological polar surface area (TPSA) is 70.1 Å². The van der Waals surface area contributed by atoms with Crippen molar-refractivity contribution < 1.29 is 19.4 Å². The molecule has 1 aliphatic rings. The number of carboxylic acid groups (broad SMARTS) is 1. The molecule has 1 fully saturated rings. The van der Waals surface area contributed by atoms with Gasteiger partial charge in [0.1, 0.15) is 0 Å². The third-order valence-corrected chi connectivity index (χ3v) is 2.22. The molecule has 0 aromatic carbocycles. The number of carbonyl (C=O) groups excluding carboxylic acids is 1. The molecular formula is C8H14N2O4. The van der Waals surface area contributed by atoms with Gasteiger partial charge in [-0.2, -0.15) is 0 Å². The number of methoxy groups -OCH3 is 1. The van der Waals surface area contributed by atoms with Crippen LogP contribution in [0.5, 0.6) is 0 Å². The van der Waals surface area contributed by atoms with Gasteiger partial charge < -0.3 is 14.7 Å². The van der Waals surface area contributed by atoms with Crippen LogP contribution in [0.15, 0.2) is 0 Å². The summed E-state index contributed by atoms with van der Waals surface area (Å²) >= 11 is 0. The number of carbonyl (C=O) groups is 2. The molecule has 0 aromatic rings. The summed E-state index contributed by atoms with van der Waals surface area (Å²) in [5.74, 6) is -0.284. The molecule has 0 spiro atoms. The van der Waals surface area contributed by atoms with Gasteiger partial charge in [0.2, 0.25) is 0 Å². The quantitative estimate of drug-likeness (QED) is 0.609. The third-order valence-electron chi connectivity index (χ3n) is 2.22. The maximum Gasteiger partial charge on any atom is 0.407 e. The maximum atomic E-state index is 10.9. The molecule has 1 heterocycles. The first-order chi connectivity index (χ1) is 6.63. The molecule has 14 heavy (non-hydrogen) atoms. The van der Waals surface area contributed by atoms with Crippen molar-refractivity contribution >= 4 is 12.1 Å². The molecule has 6 heteroatoms. The molecule has 1 aliphatic heterocycles. The van der Waals surface area contributed by atoms with E-state index in [1.807, 2.05) is 4.90 Å². The van der Waals surface area contributed by atoms with Crippen LogP contribution < -0.4 is 0 Å². The summed E-state index contributed by atoms with van der Waals surface area (Å²) in [5, 5.41) is 8.67. The number of amides is 1. The molecular weight excluding hydrogens is 188 g/mol. The Kier molecular flexibility index (Phi) is 3.70. The molecule has 6 nitrogen and oxygen atoms in total. The van der Waals surface area contributed by atoms with Crippen LogP contribution in [-0.4, -0.2) is 66.8 Å². The van der Waals surface area contributed by atoms with E-state index in [1.165, 1.54) is 12.0 Å². The Labute approximate surface area is 82.0 Å². The van der Waals surface area contributed by atoms with Gasteiger partial charge in [0.25, 0.3) is 0 Å². The minimum Gasteiger partial charge on any atom is -0.468 e. The summed E-state index contributed by atoms with van der Waals surface area (Å²) in [4.78, 5) is 24.7. The largest absolute Gasteiger partial charge is 0.468 e. The molecule has 0 bridgehead atoms. The number of nitrogens with zero attached hydrogens (tertiary/aromatic N) is 2. The van der Waals surface area contributed by atoms with E-state index in [-0.39, 0.29) is 12.5 Å². The van der Waals surface area contributed by atoms with Crippen molar-refractivity contribution in [2.24, 2.45) is 0 Å². The zero-order valence-corrected chi connectivity index (χ0v) is 8.10. The molecule has 1 rings (SSSR count). The first kappa shape index (κ1) is 10.8. The number of piperazine rings is 1. The molecule has 0 aliphatic carbocycles. The zero-order chi connectivity index (χ0) is 10.6. The van der Waals surface area contributed by atoms with E-state index in [4.69, 9.17) is 5.11 Å². The van der Waals surface area contributed by atoms with Crippen molar-refractivity contribution in [2.45, 2.75) is 0 Å². The fourth-order valence-electron chi connectivity index (χ4n) is 1.34. The second-order valence-corrected chi connectivity index (χ2v) is 3.12. The van der Waals surface area contributed by atoms with Crippen LogP contribution in [0.25, 0.3) is 0 Å². The minimum atomic E-state index is -0.900. The van der Waals surface area contributed by atoms with Gasteiger partial charge in [0, 0.05) is 26.2 Å². The van der Waals surface area contributed by atoms with Gasteiger partial charge in [-0.3, -0.25) is 9.69 Å². The van der Waals surface area contributed by atoms with Gasteiger partial charge in [-0.05, 0) is 0 Å². The number of hydrogen-bond acceptors (Lipinski definition) is 4. The van der Waals surface area contributed by atoms with Crippen LogP contribution >= 0.6 is 0 Å². The van der Waals surface area contributed by atoms with Crippen molar-refractivity contribution in [2.75, 3.05) is 39.8 Å². The van der Waals surface area contributed by atoms with Crippen LogP contribution in [0.1, 0.15) is 0 Å². The minimum absolute atomic E-state index is 0.240. The smallest absolute Gasteiger partial charge is 0.407 e. The Morgan fingerprint density at radius 2 is 1.86 bits per heavy atom. The molecule has 0 saturated carbocycles. The fourth-order valence-corrected chi connectivity index (χ4v) is 1.34. The maximum absolute atomic E-state index is 10.9. The summed E-state index contributed by atoms with van der Waals surface area (Å²) in [6.45, 7) is 2.31. The summed E-state index contributed by atoms with van der Waals surface area (Å²) < 4.78 is 4.52.